The van der Waals surface area contributed by atoms with Gasteiger partial charge in [-0.05, 0) is 25.2 Å². The van der Waals surface area contributed by atoms with Crippen molar-refractivity contribution in [2.24, 2.45) is 18.4 Å². The highest BCUT2D eigenvalue weighted by Gasteiger charge is 2.64. The molecule has 2 atom stereocenters. The van der Waals surface area contributed by atoms with Crippen LogP contribution < -0.4 is 0 Å². The minimum Gasteiger partial charge on any atom is -0.347 e. The predicted molar refractivity (Wildman–Crippen MR) is 98.1 cm³/mol. The largest absolute Gasteiger partial charge is 0.347 e. The van der Waals surface area contributed by atoms with Gasteiger partial charge < -0.3 is 14.0 Å². The van der Waals surface area contributed by atoms with E-state index in [4.69, 9.17) is 19.1 Å². The minimum absolute atomic E-state index is 0.00751. The van der Waals surface area contributed by atoms with Crippen LogP contribution in [0.2, 0.25) is 0 Å². The predicted octanol–water partition coefficient (Wildman–Crippen LogP) is 3.16. The van der Waals surface area contributed by atoms with E-state index < -0.39 is 5.79 Å². The van der Waals surface area contributed by atoms with Gasteiger partial charge in [0.05, 0.1) is 18.9 Å². The van der Waals surface area contributed by atoms with Crippen LogP contribution in [-0.2, 0) is 28.4 Å². The van der Waals surface area contributed by atoms with Crippen LogP contribution in [0.3, 0.4) is 0 Å². The summed E-state index contributed by atoms with van der Waals surface area (Å²) in [5, 5.41) is 9.14. The molecule has 2 unspecified atom stereocenters. The Labute approximate surface area is 159 Å². The number of aryl methyl sites for hydroxylation is 2. The zero-order valence-electron chi connectivity index (χ0n) is 16.8. The van der Waals surface area contributed by atoms with E-state index in [9.17, 15) is 0 Å². The van der Waals surface area contributed by atoms with Crippen LogP contribution in [0, 0.1) is 18.3 Å². The third-order valence-corrected chi connectivity index (χ3v) is 7.46. The average Bonchev–Trinajstić information content (AvgIpc) is 3.31. The number of nitrogens with zero attached hydrogens (tertiary/aromatic N) is 4. The van der Waals surface area contributed by atoms with Gasteiger partial charge in [0.1, 0.15) is 5.69 Å². The van der Waals surface area contributed by atoms with Gasteiger partial charge in [-0.15, -0.1) is 0 Å². The van der Waals surface area contributed by atoms with Gasteiger partial charge in [0, 0.05) is 36.8 Å². The third-order valence-electron chi connectivity index (χ3n) is 7.46. The third kappa shape index (κ3) is 2.12. The van der Waals surface area contributed by atoms with Gasteiger partial charge in [-0.2, -0.15) is 10.1 Å². The quantitative estimate of drug-likeness (QED) is 0.765. The molecular formula is C20H28N4O3. The molecule has 2 aliphatic carbocycles. The minimum atomic E-state index is -0.447. The van der Waals surface area contributed by atoms with Gasteiger partial charge in [-0.3, -0.25) is 4.68 Å². The second kappa shape index (κ2) is 5.41. The zero-order chi connectivity index (χ0) is 19.0. The van der Waals surface area contributed by atoms with Crippen molar-refractivity contribution in [1.29, 1.82) is 0 Å². The summed E-state index contributed by atoms with van der Waals surface area (Å²) in [6, 6.07) is 0. The Morgan fingerprint density at radius 3 is 2.52 bits per heavy atom. The maximum Gasteiger partial charge on any atom is 0.223 e. The Hall–Kier alpha value is -1.73. The van der Waals surface area contributed by atoms with Crippen LogP contribution >= 0.6 is 0 Å². The van der Waals surface area contributed by atoms with Crippen LogP contribution in [-0.4, -0.2) is 38.9 Å². The highest BCUT2D eigenvalue weighted by Crippen LogP contribution is 2.62. The standard InChI is InChI=1S/C20H28N4O3/c1-12-21-17(23-27-12)15-13-6-7-14-18(2,3)20(25-10-11-26-20)9-8-19(14,4)16(13)22-24(15)5/h14H,6-11H2,1-5H3. The second-order valence-electron chi connectivity index (χ2n) is 9.12. The molecule has 146 valence electrons. The molecule has 3 heterocycles. The van der Waals surface area contributed by atoms with Gasteiger partial charge in [-0.25, -0.2) is 0 Å². The molecule has 7 heteroatoms. The number of rotatable bonds is 1. The molecule has 0 aromatic carbocycles. The van der Waals surface area contributed by atoms with Crippen molar-refractivity contribution < 1.29 is 14.0 Å². The van der Waals surface area contributed by atoms with E-state index in [0.717, 1.165) is 31.4 Å². The topological polar surface area (TPSA) is 75.2 Å². The van der Waals surface area contributed by atoms with Crippen molar-refractivity contribution in [1.82, 2.24) is 19.9 Å². The average molecular weight is 372 g/mol. The second-order valence-corrected chi connectivity index (χ2v) is 9.12. The van der Waals surface area contributed by atoms with Gasteiger partial charge in [0.25, 0.3) is 0 Å². The van der Waals surface area contributed by atoms with Crippen molar-refractivity contribution in [2.75, 3.05) is 13.2 Å². The lowest BCUT2D eigenvalue weighted by atomic mass is 9.49. The van der Waals surface area contributed by atoms with E-state index >= 15 is 0 Å². The molecule has 0 bridgehead atoms. The van der Waals surface area contributed by atoms with E-state index in [1.165, 1.54) is 11.3 Å². The first-order valence-electron chi connectivity index (χ1n) is 9.93. The molecule has 7 nitrogen and oxygen atoms in total. The molecule has 1 saturated carbocycles. The van der Waals surface area contributed by atoms with Crippen molar-refractivity contribution in [3.8, 4) is 11.5 Å². The van der Waals surface area contributed by atoms with Crippen molar-refractivity contribution in [3.05, 3.63) is 17.1 Å². The number of fused-ring (bicyclic) bond motifs is 3. The fourth-order valence-corrected chi connectivity index (χ4v) is 6.14. The van der Waals surface area contributed by atoms with Crippen LogP contribution in [0.4, 0.5) is 0 Å². The van der Waals surface area contributed by atoms with E-state index in [1.54, 1.807) is 0 Å². The summed E-state index contributed by atoms with van der Waals surface area (Å²) in [6.45, 7) is 10.2. The Bertz CT molecular complexity index is 893. The molecule has 2 aromatic heterocycles. The van der Waals surface area contributed by atoms with Crippen LogP contribution in [0.15, 0.2) is 4.52 Å². The molecule has 0 amide bonds. The number of aromatic nitrogens is 4. The van der Waals surface area contributed by atoms with E-state index in [0.29, 0.717) is 30.8 Å². The first-order valence-corrected chi connectivity index (χ1v) is 9.93. The molecule has 0 N–H and O–H groups in total. The van der Waals surface area contributed by atoms with Crippen molar-refractivity contribution in [2.45, 2.75) is 64.6 Å². The maximum atomic E-state index is 6.20. The van der Waals surface area contributed by atoms with Gasteiger partial charge >= 0.3 is 0 Å². The highest BCUT2D eigenvalue weighted by atomic mass is 16.7. The summed E-state index contributed by atoms with van der Waals surface area (Å²) in [5.41, 5.74) is 3.38. The van der Waals surface area contributed by atoms with Gasteiger partial charge in [0.15, 0.2) is 5.79 Å². The number of hydrogen-bond acceptors (Lipinski definition) is 6. The van der Waals surface area contributed by atoms with Crippen molar-refractivity contribution >= 4 is 0 Å². The number of ether oxygens (including phenoxy) is 2. The Balaban J connectivity index is 1.61. The Morgan fingerprint density at radius 1 is 1.11 bits per heavy atom. The van der Waals surface area contributed by atoms with Crippen LogP contribution in [0.1, 0.15) is 57.2 Å². The molecular weight excluding hydrogens is 344 g/mol. The first kappa shape index (κ1) is 17.4. The van der Waals surface area contributed by atoms with Crippen molar-refractivity contribution in [3.63, 3.8) is 0 Å². The molecule has 5 rings (SSSR count). The van der Waals surface area contributed by atoms with Gasteiger partial charge in [0.2, 0.25) is 11.7 Å². The summed E-state index contributed by atoms with van der Waals surface area (Å²) in [5.74, 6) is 1.21. The summed E-state index contributed by atoms with van der Waals surface area (Å²) < 4.78 is 19.6. The highest BCUT2D eigenvalue weighted by molar-refractivity contribution is 5.59. The number of hydrogen-bond donors (Lipinski definition) is 0. The molecule has 2 aromatic rings. The molecule has 1 spiro atoms. The van der Waals surface area contributed by atoms with Gasteiger partial charge in [-0.1, -0.05) is 25.9 Å². The Kier molecular flexibility index (Phi) is 3.48. The lowest BCUT2D eigenvalue weighted by Crippen LogP contribution is -2.61. The van der Waals surface area contributed by atoms with E-state index in [-0.39, 0.29) is 10.8 Å². The maximum absolute atomic E-state index is 6.20. The van der Waals surface area contributed by atoms with Crippen LogP contribution in [0.25, 0.3) is 11.5 Å². The molecule has 3 aliphatic rings. The fraction of sp³-hybridized carbons (Fsp3) is 0.750. The molecule has 2 fully saturated rings. The normalized spacial score (nSPS) is 31.1. The summed E-state index contributed by atoms with van der Waals surface area (Å²) in [7, 11) is 1.98. The monoisotopic (exact) mass is 372 g/mol. The lowest BCUT2D eigenvalue weighted by molar-refractivity contribution is -0.276. The molecule has 1 aliphatic heterocycles. The van der Waals surface area contributed by atoms with E-state index in [2.05, 4.69) is 30.9 Å². The summed E-state index contributed by atoms with van der Waals surface area (Å²) >= 11 is 0. The Morgan fingerprint density at radius 2 is 1.85 bits per heavy atom. The fourth-order valence-electron chi connectivity index (χ4n) is 6.14. The molecule has 0 radical (unpaired) electrons. The van der Waals surface area contributed by atoms with E-state index in [1.807, 2.05) is 18.7 Å². The summed E-state index contributed by atoms with van der Waals surface area (Å²) in [4.78, 5) is 4.46. The van der Waals surface area contributed by atoms with Crippen LogP contribution in [0.5, 0.6) is 0 Å². The zero-order valence-corrected chi connectivity index (χ0v) is 16.8. The smallest absolute Gasteiger partial charge is 0.223 e. The lowest BCUT2D eigenvalue weighted by Gasteiger charge is -2.59. The first-order chi connectivity index (χ1) is 12.8. The molecule has 1 saturated heterocycles. The summed E-state index contributed by atoms with van der Waals surface area (Å²) in [6.07, 6.45) is 3.96. The molecule has 27 heavy (non-hydrogen) atoms. The SMILES string of the molecule is Cc1nc(-c2c3c(nn2C)C2(C)CCC4(OCCO4)C(C)(C)C2CC3)no1.